The van der Waals surface area contributed by atoms with E-state index in [1.807, 2.05) is 0 Å². The van der Waals surface area contributed by atoms with E-state index in [4.69, 9.17) is 0 Å². The molecule has 3 aliphatic rings. The first kappa shape index (κ1) is 17.0. The molecule has 0 aromatic heterocycles. The maximum absolute atomic E-state index is 15.2. The quantitative estimate of drug-likeness (QED) is 0.781. The number of piperidine rings is 1. The van der Waals surface area contributed by atoms with Crippen LogP contribution in [0.15, 0.2) is 24.3 Å². The predicted octanol–water partition coefficient (Wildman–Crippen LogP) is 2.79. The second-order valence-corrected chi connectivity index (χ2v) is 7.73. The number of halogens is 1. The number of likely N-dealkylation sites (tertiary alicyclic amines) is 1. The van der Waals surface area contributed by atoms with Crippen molar-refractivity contribution in [2.45, 2.75) is 38.4 Å². The Hall–Kier alpha value is -2.44. The zero-order valence-electron chi connectivity index (χ0n) is 14.5. The van der Waals surface area contributed by atoms with Crippen LogP contribution in [0.3, 0.4) is 0 Å². The third-order valence-corrected chi connectivity index (χ3v) is 6.33. The second-order valence-electron chi connectivity index (χ2n) is 7.73. The Morgan fingerprint density at radius 2 is 1.69 bits per heavy atom. The summed E-state index contributed by atoms with van der Waals surface area (Å²) in [5, 5.41) is 9.19. The Bertz CT molecular complexity index is 752. The highest BCUT2D eigenvalue weighted by atomic mass is 19.1. The van der Waals surface area contributed by atoms with Gasteiger partial charge in [0, 0.05) is 13.1 Å². The SMILES string of the molecule is C[C@@H]1CC2(CCN(C(=O)O)CC2)[C@H](N2C(=O)c3ccccc3C2=O)[C@H]1F. The van der Waals surface area contributed by atoms with Crippen LogP contribution in [0.2, 0.25) is 0 Å². The number of benzene rings is 1. The normalized spacial score (nSPS) is 30.2. The lowest BCUT2D eigenvalue weighted by molar-refractivity contribution is 0.0115. The molecule has 2 aliphatic heterocycles. The number of carboxylic acid groups (broad SMARTS) is 1. The molecule has 2 fully saturated rings. The first-order valence-electron chi connectivity index (χ1n) is 8.94. The molecule has 1 saturated heterocycles. The summed E-state index contributed by atoms with van der Waals surface area (Å²) in [4.78, 5) is 39.4. The van der Waals surface area contributed by atoms with E-state index in [0.29, 0.717) is 43.5 Å². The number of carbonyl (C=O) groups excluding carboxylic acids is 2. The molecule has 26 heavy (non-hydrogen) atoms. The smallest absolute Gasteiger partial charge is 0.407 e. The van der Waals surface area contributed by atoms with Crippen LogP contribution in [0, 0.1) is 11.3 Å². The van der Waals surface area contributed by atoms with Gasteiger partial charge in [0.15, 0.2) is 0 Å². The maximum Gasteiger partial charge on any atom is 0.407 e. The number of nitrogens with zero attached hydrogens (tertiary/aromatic N) is 2. The Kier molecular flexibility index (Phi) is 3.78. The number of hydrogen-bond acceptors (Lipinski definition) is 3. The summed E-state index contributed by atoms with van der Waals surface area (Å²) in [6, 6.07) is 5.75. The fourth-order valence-corrected chi connectivity index (χ4v) is 5.04. The van der Waals surface area contributed by atoms with E-state index in [2.05, 4.69) is 0 Å². The van der Waals surface area contributed by atoms with E-state index in [9.17, 15) is 19.5 Å². The van der Waals surface area contributed by atoms with Crippen molar-refractivity contribution in [2.24, 2.45) is 11.3 Å². The molecule has 6 nitrogen and oxygen atoms in total. The minimum absolute atomic E-state index is 0.277. The van der Waals surface area contributed by atoms with Crippen molar-refractivity contribution >= 4 is 17.9 Å². The number of fused-ring (bicyclic) bond motifs is 1. The van der Waals surface area contributed by atoms with E-state index in [1.54, 1.807) is 31.2 Å². The molecular formula is C19H21FN2O4. The number of hydrogen-bond donors (Lipinski definition) is 1. The monoisotopic (exact) mass is 360 g/mol. The van der Waals surface area contributed by atoms with Crippen molar-refractivity contribution in [1.82, 2.24) is 9.80 Å². The molecule has 1 saturated carbocycles. The van der Waals surface area contributed by atoms with E-state index in [0.717, 1.165) is 4.90 Å². The molecule has 3 amide bonds. The zero-order chi connectivity index (χ0) is 18.6. The van der Waals surface area contributed by atoms with Crippen LogP contribution in [0.4, 0.5) is 9.18 Å². The van der Waals surface area contributed by atoms with Gasteiger partial charge in [-0.3, -0.25) is 14.5 Å². The van der Waals surface area contributed by atoms with E-state index >= 15 is 4.39 Å². The van der Waals surface area contributed by atoms with Gasteiger partial charge in [-0.2, -0.15) is 0 Å². The third kappa shape index (κ3) is 2.26. The van der Waals surface area contributed by atoms with Crippen LogP contribution < -0.4 is 0 Å². The highest BCUT2D eigenvalue weighted by molar-refractivity contribution is 6.21. The van der Waals surface area contributed by atoms with Crippen LogP contribution in [0.1, 0.15) is 46.9 Å². The topological polar surface area (TPSA) is 77.9 Å². The molecule has 3 atom stereocenters. The summed E-state index contributed by atoms with van der Waals surface area (Å²) in [5.74, 6) is -1.15. The van der Waals surface area contributed by atoms with E-state index < -0.39 is 35.5 Å². The van der Waals surface area contributed by atoms with Crippen LogP contribution in [-0.2, 0) is 0 Å². The summed E-state index contributed by atoms with van der Waals surface area (Å²) >= 11 is 0. The molecular weight excluding hydrogens is 339 g/mol. The minimum atomic E-state index is -1.30. The molecule has 1 aromatic carbocycles. The third-order valence-electron chi connectivity index (χ3n) is 6.33. The molecule has 2 heterocycles. The van der Waals surface area contributed by atoms with Crippen molar-refractivity contribution < 1.29 is 23.9 Å². The average Bonchev–Trinajstić information content (AvgIpc) is 3.00. The van der Waals surface area contributed by atoms with Gasteiger partial charge in [-0.05, 0) is 42.7 Å². The fourth-order valence-electron chi connectivity index (χ4n) is 5.04. The summed E-state index contributed by atoms with van der Waals surface area (Å²) < 4.78 is 15.2. The van der Waals surface area contributed by atoms with Crippen molar-refractivity contribution in [3.63, 3.8) is 0 Å². The summed E-state index contributed by atoms with van der Waals surface area (Å²) in [5.41, 5.74) is 0.0859. The molecule has 0 radical (unpaired) electrons. The fraction of sp³-hybridized carbons (Fsp3) is 0.526. The van der Waals surface area contributed by atoms with Crippen LogP contribution in [0.25, 0.3) is 0 Å². The van der Waals surface area contributed by atoms with E-state index in [-0.39, 0.29) is 5.92 Å². The Labute approximate surface area is 150 Å². The van der Waals surface area contributed by atoms with Crippen molar-refractivity contribution in [2.75, 3.05) is 13.1 Å². The lowest BCUT2D eigenvalue weighted by atomic mass is 9.73. The van der Waals surface area contributed by atoms with Gasteiger partial charge >= 0.3 is 6.09 Å². The van der Waals surface area contributed by atoms with Crippen LogP contribution in [-0.4, -0.2) is 58.1 Å². The van der Waals surface area contributed by atoms with Gasteiger partial charge in [0.2, 0.25) is 0 Å². The minimum Gasteiger partial charge on any atom is -0.465 e. The number of amides is 3. The highest BCUT2D eigenvalue weighted by Gasteiger charge is 2.59. The summed E-state index contributed by atoms with van der Waals surface area (Å²) in [7, 11) is 0. The molecule has 7 heteroatoms. The molecule has 0 unspecified atom stereocenters. The second kappa shape index (κ2) is 5.79. The van der Waals surface area contributed by atoms with Crippen molar-refractivity contribution in [1.29, 1.82) is 0 Å². The largest absolute Gasteiger partial charge is 0.465 e. The molecule has 1 N–H and O–H groups in total. The number of rotatable bonds is 1. The Balaban J connectivity index is 1.69. The first-order valence-corrected chi connectivity index (χ1v) is 8.94. The number of alkyl halides is 1. The zero-order valence-corrected chi connectivity index (χ0v) is 14.5. The van der Waals surface area contributed by atoms with Gasteiger partial charge in [-0.25, -0.2) is 9.18 Å². The van der Waals surface area contributed by atoms with Gasteiger partial charge < -0.3 is 10.0 Å². The van der Waals surface area contributed by atoms with Crippen molar-refractivity contribution in [3.05, 3.63) is 35.4 Å². The average molecular weight is 360 g/mol. The number of carbonyl (C=O) groups is 3. The molecule has 0 bridgehead atoms. The van der Waals surface area contributed by atoms with Gasteiger partial charge in [-0.1, -0.05) is 19.1 Å². The van der Waals surface area contributed by atoms with E-state index in [1.165, 1.54) is 4.90 Å². The van der Waals surface area contributed by atoms with Gasteiger partial charge in [0.05, 0.1) is 17.2 Å². The Morgan fingerprint density at radius 3 is 2.19 bits per heavy atom. The molecule has 1 aliphatic carbocycles. The van der Waals surface area contributed by atoms with Crippen LogP contribution >= 0.6 is 0 Å². The summed E-state index contributed by atoms with van der Waals surface area (Å²) in [6.45, 7) is 2.40. The van der Waals surface area contributed by atoms with Crippen molar-refractivity contribution in [3.8, 4) is 0 Å². The highest BCUT2D eigenvalue weighted by Crippen LogP contribution is 2.53. The molecule has 1 aromatic rings. The van der Waals surface area contributed by atoms with Gasteiger partial charge in [0.1, 0.15) is 6.17 Å². The van der Waals surface area contributed by atoms with Crippen LogP contribution in [0.5, 0.6) is 0 Å². The predicted molar refractivity (Wildman–Crippen MR) is 90.7 cm³/mol. The molecule has 4 rings (SSSR count). The first-order chi connectivity index (χ1) is 12.4. The standard InChI is InChI=1S/C19H21FN2O4/c1-11-10-19(6-8-21(9-7-19)18(25)26)15(14(11)20)22-16(23)12-4-2-3-5-13(12)17(22)24/h2-5,11,14-15H,6-10H2,1H3,(H,25,26)/t11-,14+,15-/m1/s1. The summed E-state index contributed by atoms with van der Waals surface area (Å²) in [6.07, 6.45) is -0.808. The van der Waals surface area contributed by atoms with Gasteiger partial charge in [0.25, 0.3) is 11.8 Å². The molecule has 138 valence electrons. The van der Waals surface area contributed by atoms with Gasteiger partial charge in [-0.15, -0.1) is 0 Å². The number of imide groups is 1. The lowest BCUT2D eigenvalue weighted by Gasteiger charge is -2.44. The lowest BCUT2D eigenvalue weighted by Crippen LogP contribution is -2.55. The molecule has 1 spiro atoms. The maximum atomic E-state index is 15.2. The Morgan fingerprint density at radius 1 is 1.15 bits per heavy atom.